The minimum atomic E-state index is -0.168. The summed E-state index contributed by atoms with van der Waals surface area (Å²) in [6.45, 7) is 3.40. The van der Waals surface area contributed by atoms with Crippen LogP contribution in [0.2, 0.25) is 0 Å². The van der Waals surface area contributed by atoms with Gasteiger partial charge in [0.1, 0.15) is 0 Å². The Labute approximate surface area is 161 Å². The highest BCUT2D eigenvalue weighted by Gasteiger charge is 2.44. The van der Waals surface area contributed by atoms with E-state index in [0.717, 1.165) is 32.1 Å². The van der Waals surface area contributed by atoms with Gasteiger partial charge in [0.05, 0.1) is 12.2 Å². The summed E-state index contributed by atoms with van der Waals surface area (Å²) < 4.78 is 0. The molecule has 0 aliphatic heterocycles. The van der Waals surface area contributed by atoms with Crippen LogP contribution in [0.5, 0.6) is 0 Å². The van der Waals surface area contributed by atoms with Gasteiger partial charge in [0, 0.05) is 0 Å². The van der Waals surface area contributed by atoms with E-state index in [1.165, 1.54) is 51.5 Å². The number of hydrogen-bond donors (Lipinski definition) is 2. The Kier molecular flexibility index (Phi) is 9.66. The highest BCUT2D eigenvalue weighted by molar-refractivity contribution is 5.18. The fourth-order valence-corrected chi connectivity index (χ4v) is 5.11. The molecular formula is C23H43NO2. The molecule has 0 saturated heterocycles. The highest BCUT2D eigenvalue weighted by Crippen LogP contribution is 2.49. The summed E-state index contributed by atoms with van der Waals surface area (Å²) in [6, 6.07) is 0. The maximum atomic E-state index is 10.5. The van der Waals surface area contributed by atoms with Gasteiger partial charge in [-0.25, -0.2) is 0 Å². The van der Waals surface area contributed by atoms with Gasteiger partial charge in [-0.2, -0.15) is 0 Å². The van der Waals surface area contributed by atoms with E-state index < -0.39 is 0 Å². The molecule has 152 valence electrons. The fourth-order valence-electron chi connectivity index (χ4n) is 5.11. The molecule has 0 bridgehead atoms. The lowest BCUT2D eigenvalue weighted by Crippen LogP contribution is -2.21. The first kappa shape index (κ1) is 21.9. The number of nitrogens with zero attached hydrogens (tertiary/aromatic N) is 1. The first-order valence-electron chi connectivity index (χ1n) is 11.2. The molecule has 26 heavy (non-hydrogen) atoms. The van der Waals surface area contributed by atoms with Gasteiger partial charge in [0.15, 0.2) is 0 Å². The predicted molar refractivity (Wildman–Crippen MR) is 110 cm³/mol. The van der Waals surface area contributed by atoms with Gasteiger partial charge in [-0.05, 0) is 89.8 Å². The third-order valence-corrected chi connectivity index (χ3v) is 6.63. The second-order valence-corrected chi connectivity index (χ2v) is 9.16. The van der Waals surface area contributed by atoms with E-state index in [9.17, 15) is 10.2 Å². The van der Waals surface area contributed by atoms with Crippen molar-refractivity contribution in [2.45, 2.75) is 96.2 Å². The Morgan fingerprint density at radius 3 is 2.65 bits per heavy atom. The van der Waals surface area contributed by atoms with Crippen LogP contribution in [0.3, 0.4) is 0 Å². The third-order valence-electron chi connectivity index (χ3n) is 6.63. The monoisotopic (exact) mass is 365 g/mol. The van der Waals surface area contributed by atoms with Crippen molar-refractivity contribution in [3.63, 3.8) is 0 Å². The van der Waals surface area contributed by atoms with Crippen LogP contribution in [0.1, 0.15) is 84.0 Å². The van der Waals surface area contributed by atoms with Crippen molar-refractivity contribution in [3.05, 3.63) is 11.6 Å². The number of hydrogen-bond acceptors (Lipinski definition) is 3. The van der Waals surface area contributed by atoms with Crippen LogP contribution in [0.4, 0.5) is 0 Å². The lowest BCUT2D eigenvalue weighted by atomic mass is 9.85. The number of aliphatic hydroxyl groups excluding tert-OH is 2. The molecular weight excluding hydrogens is 322 g/mol. The average molecular weight is 366 g/mol. The minimum Gasteiger partial charge on any atom is -0.393 e. The van der Waals surface area contributed by atoms with E-state index in [2.05, 4.69) is 32.0 Å². The minimum absolute atomic E-state index is 0.147. The number of aliphatic hydroxyl groups is 2. The van der Waals surface area contributed by atoms with E-state index in [4.69, 9.17) is 0 Å². The molecule has 2 aliphatic carbocycles. The Morgan fingerprint density at radius 1 is 1.12 bits per heavy atom. The Bertz CT molecular complexity index is 420. The largest absolute Gasteiger partial charge is 0.393 e. The van der Waals surface area contributed by atoms with Gasteiger partial charge >= 0.3 is 0 Å². The van der Waals surface area contributed by atoms with Crippen LogP contribution < -0.4 is 0 Å². The molecule has 1 saturated carbocycles. The van der Waals surface area contributed by atoms with E-state index in [-0.39, 0.29) is 12.2 Å². The molecule has 2 N–H and O–H groups in total. The molecule has 0 radical (unpaired) electrons. The second kappa shape index (κ2) is 11.5. The van der Waals surface area contributed by atoms with Gasteiger partial charge in [0.25, 0.3) is 0 Å². The van der Waals surface area contributed by atoms with E-state index in [1.54, 1.807) is 5.57 Å². The summed E-state index contributed by atoms with van der Waals surface area (Å²) in [7, 11) is 4.29. The molecule has 0 unspecified atom stereocenters. The van der Waals surface area contributed by atoms with Crippen molar-refractivity contribution in [1.82, 2.24) is 4.90 Å². The summed E-state index contributed by atoms with van der Waals surface area (Å²) in [6.07, 6.45) is 15.9. The molecule has 0 amide bonds. The fraction of sp³-hybridized carbons (Fsp3) is 0.913. The summed E-state index contributed by atoms with van der Waals surface area (Å²) in [5.74, 6) is 1.65. The lowest BCUT2D eigenvalue weighted by Gasteiger charge is -2.23. The van der Waals surface area contributed by atoms with Crippen molar-refractivity contribution in [2.75, 3.05) is 20.6 Å². The van der Waals surface area contributed by atoms with Gasteiger partial charge in [-0.1, -0.05) is 44.3 Å². The number of unbranched alkanes of at least 4 members (excludes halogenated alkanes) is 4. The molecule has 0 heterocycles. The standard InChI is InChI=1S/C23H43NO2/c1-4-5-7-11-20(25)12-13-21-22-16-18(15-19(22)17-23(21)26)10-8-6-9-14-24(2)3/h15,19-23,25-26H,4-14,16-17H2,1-3H3/t19-,20-,21+,22-,23+/m0/s1. The molecule has 3 heteroatoms. The number of allylic oxidation sites excluding steroid dienone is 2. The zero-order valence-corrected chi connectivity index (χ0v) is 17.5. The molecule has 3 nitrogen and oxygen atoms in total. The van der Waals surface area contributed by atoms with Gasteiger partial charge in [0.2, 0.25) is 0 Å². The normalized spacial score (nSPS) is 29.2. The first-order valence-corrected chi connectivity index (χ1v) is 11.2. The summed E-state index contributed by atoms with van der Waals surface area (Å²) in [5.41, 5.74) is 1.64. The molecule has 0 aromatic rings. The number of fused-ring (bicyclic) bond motifs is 1. The Morgan fingerprint density at radius 2 is 1.92 bits per heavy atom. The molecule has 5 atom stereocenters. The maximum absolute atomic E-state index is 10.5. The van der Waals surface area contributed by atoms with Gasteiger partial charge in [-0.3, -0.25) is 0 Å². The zero-order chi connectivity index (χ0) is 18.9. The Hall–Kier alpha value is -0.380. The average Bonchev–Trinajstić information content (AvgIpc) is 3.09. The van der Waals surface area contributed by atoms with Crippen LogP contribution in [-0.2, 0) is 0 Å². The molecule has 1 fully saturated rings. The quantitative estimate of drug-likeness (QED) is 0.365. The van der Waals surface area contributed by atoms with E-state index in [1.807, 2.05) is 0 Å². The van der Waals surface area contributed by atoms with Gasteiger partial charge in [-0.15, -0.1) is 0 Å². The van der Waals surface area contributed by atoms with Crippen molar-refractivity contribution < 1.29 is 10.2 Å². The van der Waals surface area contributed by atoms with Crippen molar-refractivity contribution in [3.8, 4) is 0 Å². The number of rotatable bonds is 13. The van der Waals surface area contributed by atoms with E-state index >= 15 is 0 Å². The van der Waals surface area contributed by atoms with Crippen LogP contribution in [-0.4, -0.2) is 48.0 Å². The Balaban J connectivity index is 1.68. The summed E-state index contributed by atoms with van der Waals surface area (Å²) >= 11 is 0. The molecule has 0 spiro atoms. The van der Waals surface area contributed by atoms with Crippen LogP contribution in [0, 0.1) is 17.8 Å². The summed E-state index contributed by atoms with van der Waals surface area (Å²) in [4.78, 5) is 2.27. The highest BCUT2D eigenvalue weighted by atomic mass is 16.3. The maximum Gasteiger partial charge on any atom is 0.0577 e. The molecule has 2 rings (SSSR count). The van der Waals surface area contributed by atoms with Crippen molar-refractivity contribution >= 4 is 0 Å². The SMILES string of the molecule is CCCCC[C@H](O)CC[C@@H]1[C@H]2CC(CCCCCN(C)C)=C[C@H]2C[C@H]1O. The topological polar surface area (TPSA) is 43.7 Å². The van der Waals surface area contributed by atoms with Crippen LogP contribution >= 0.6 is 0 Å². The van der Waals surface area contributed by atoms with Crippen molar-refractivity contribution in [1.29, 1.82) is 0 Å². The smallest absolute Gasteiger partial charge is 0.0577 e. The summed E-state index contributed by atoms with van der Waals surface area (Å²) in [5, 5.41) is 20.7. The molecule has 0 aromatic heterocycles. The zero-order valence-electron chi connectivity index (χ0n) is 17.5. The predicted octanol–water partition coefficient (Wildman–Crippen LogP) is 4.77. The first-order chi connectivity index (χ1) is 12.5. The van der Waals surface area contributed by atoms with Gasteiger partial charge < -0.3 is 15.1 Å². The van der Waals surface area contributed by atoms with E-state index in [0.29, 0.717) is 17.8 Å². The van der Waals surface area contributed by atoms with Crippen molar-refractivity contribution in [2.24, 2.45) is 17.8 Å². The lowest BCUT2D eigenvalue weighted by molar-refractivity contribution is 0.0876. The van der Waals surface area contributed by atoms with Crippen LogP contribution in [0.25, 0.3) is 0 Å². The second-order valence-electron chi connectivity index (χ2n) is 9.16. The third kappa shape index (κ3) is 6.98. The molecule has 2 aliphatic rings. The van der Waals surface area contributed by atoms with Crippen LogP contribution in [0.15, 0.2) is 11.6 Å². The molecule has 0 aromatic carbocycles.